The van der Waals surface area contributed by atoms with Crippen molar-refractivity contribution in [2.75, 3.05) is 5.32 Å². The molecule has 0 unspecified atom stereocenters. The van der Waals surface area contributed by atoms with Crippen LogP contribution in [-0.4, -0.2) is 20.9 Å². The number of aryl methyl sites for hydroxylation is 2. The number of benzene rings is 3. The monoisotopic (exact) mass is 380 g/mol. The number of aromatic amines is 2. The van der Waals surface area contributed by atoms with E-state index in [0.717, 1.165) is 50.3 Å². The van der Waals surface area contributed by atoms with Gasteiger partial charge in [0.15, 0.2) is 0 Å². The largest absolute Gasteiger partial charge is 0.354 e. The number of fused-ring (bicyclic) bond motifs is 3. The Hall–Kier alpha value is -3.86. The van der Waals surface area contributed by atoms with Gasteiger partial charge in [0, 0.05) is 33.2 Å². The van der Waals surface area contributed by atoms with E-state index in [1.165, 1.54) is 0 Å². The number of aromatic nitrogens is 3. The van der Waals surface area contributed by atoms with Crippen molar-refractivity contribution in [1.29, 1.82) is 0 Å². The Labute approximate surface area is 167 Å². The molecule has 0 fully saturated rings. The topological polar surface area (TPSA) is 73.6 Å². The van der Waals surface area contributed by atoms with Gasteiger partial charge in [0.25, 0.3) is 5.91 Å². The van der Waals surface area contributed by atoms with Crippen molar-refractivity contribution in [3.8, 4) is 11.4 Å². The molecule has 0 atom stereocenters. The molecule has 5 aromatic rings. The van der Waals surface area contributed by atoms with Crippen LogP contribution in [0.25, 0.3) is 33.2 Å². The molecule has 0 saturated carbocycles. The fraction of sp³-hybridized carbons (Fsp3) is 0.0833. The second-order valence-electron chi connectivity index (χ2n) is 7.23. The van der Waals surface area contributed by atoms with Gasteiger partial charge >= 0.3 is 0 Å². The minimum absolute atomic E-state index is 0.147. The Morgan fingerprint density at radius 3 is 2.52 bits per heavy atom. The molecule has 0 saturated heterocycles. The molecule has 3 aromatic carbocycles. The van der Waals surface area contributed by atoms with Gasteiger partial charge in [-0.15, -0.1) is 0 Å². The van der Waals surface area contributed by atoms with Crippen LogP contribution in [0.4, 0.5) is 5.69 Å². The van der Waals surface area contributed by atoms with Crippen molar-refractivity contribution >= 4 is 33.4 Å². The number of carbonyl (C=O) groups is 1. The number of hydrogen-bond acceptors (Lipinski definition) is 2. The highest BCUT2D eigenvalue weighted by Gasteiger charge is 2.14. The quantitative estimate of drug-likeness (QED) is 0.382. The molecule has 3 N–H and O–H groups in total. The SMILES string of the molecule is Cc1nc(-c2cccc(NC(=O)c3cccc4c3[nH]c3ccccc34)c2)[nH]c1C. The molecule has 2 heterocycles. The smallest absolute Gasteiger partial charge is 0.257 e. The first-order valence-corrected chi connectivity index (χ1v) is 9.54. The summed E-state index contributed by atoms with van der Waals surface area (Å²) in [5, 5.41) is 5.18. The van der Waals surface area contributed by atoms with E-state index in [9.17, 15) is 4.79 Å². The lowest BCUT2D eigenvalue weighted by molar-refractivity contribution is 0.102. The zero-order valence-corrected chi connectivity index (χ0v) is 16.2. The fourth-order valence-electron chi connectivity index (χ4n) is 3.69. The Morgan fingerprint density at radius 1 is 0.897 bits per heavy atom. The van der Waals surface area contributed by atoms with Crippen LogP contribution in [0.3, 0.4) is 0 Å². The number of para-hydroxylation sites is 2. The number of amides is 1. The second-order valence-corrected chi connectivity index (χ2v) is 7.23. The van der Waals surface area contributed by atoms with E-state index in [2.05, 4.69) is 26.3 Å². The van der Waals surface area contributed by atoms with Crippen molar-refractivity contribution in [1.82, 2.24) is 15.0 Å². The Morgan fingerprint density at radius 2 is 1.69 bits per heavy atom. The maximum Gasteiger partial charge on any atom is 0.257 e. The van der Waals surface area contributed by atoms with Gasteiger partial charge in [0.1, 0.15) is 5.82 Å². The molecule has 5 heteroatoms. The molecule has 0 bridgehead atoms. The van der Waals surface area contributed by atoms with Crippen molar-refractivity contribution in [2.24, 2.45) is 0 Å². The Kier molecular flexibility index (Phi) is 3.95. The zero-order chi connectivity index (χ0) is 20.0. The van der Waals surface area contributed by atoms with Gasteiger partial charge in [-0.1, -0.05) is 42.5 Å². The van der Waals surface area contributed by atoms with Crippen LogP contribution in [0.2, 0.25) is 0 Å². The van der Waals surface area contributed by atoms with Gasteiger partial charge in [0.05, 0.1) is 16.8 Å². The number of nitrogens with one attached hydrogen (secondary N) is 3. The Bertz CT molecular complexity index is 1360. The maximum atomic E-state index is 13.1. The summed E-state index contributed by atoms with van der Waals surface area (Å²) in [5.41, 5.74) is 6.16. The van der Waals surface area contributed by atoms with Crippen LogP contribution < -0.4 is 5.32 Å². The predicted octanol–water partition coefficient (Wildman–Crippen LogP) is 5.58. The molecule has 0 aliphatic rings. The summed E-state index contributed by atoms with van der Waals surface area (Å²) in [6.45, 7) is 3.97. The zero-order valence-electron chi connectivity index (χ0n) is 16.2. The minimum atomic E-state index is -0.147. The number of H-pyrrole nitrogens is 2. The highest BCUT2D eigenvalue weighted by atomic mass is 16.1. The molecule has 29 heavy (non-hydrogen) atoms. The highest BCUT2D eigenvalue weighted by molar-refractivity contribution is 6.17. The van der Waals surface area contributed by atoms with E-state index in [0.29, 0.717) is 5.56 Å². The van der Waals surface area contributed by atoms with E-state index in [1.54, 1.807) is 0 Å². The number of nitrogens with zero attached hydrogens (tertiary/aromatic N) is 1. The van der Waals surface area contributed by atoms with Crippen LogP contribution in [0, 0.1) is 13.8 Å². The molecule has 142 valence electrons. The van der Waals surface area contributed by atoms with Crippen molar-refractivity contribution in [3.63, 3.8) is 0 Å². The molecule has 5 nitrogen and oxygen atoms in total. The van der Waals surface area contributed by atoms with Crippen LogP contribution >= 0.6 is 0 Å². The lowest BCUT2D eigenvalue weighted by Gasteiger charge is -2.08. The van der Waals surface area contributed by atoms with Gasteiger partial charge in [0.2, 0.25) is 0 Å². The maximum absolute atomic E-state index is 13.1. The summed E-state index contributed by atoms with van der Waals surface area (Å²) >= 11 is 0. The highest BCUT2D eigenvalue weighted by Crippen LogP contribution is 2.28. The molecular weight excluding hydrogens is 360 g/mol. The molecule has 0 aliphatic carbocycles. The van der Waals surface area contributed by atoms with Gasteiger partial charge in [-0.3, -0.25) is 4.79 Å². The third-order valence-electron chi connectivity index (χ3n) is 5.31. The normalized spacial score (nSPS) is 11.2. The van der Waals surface area contributed by atoms with E-state index < -0.39 is 0 Å². The summed E-state index contributed by atoms with van der Waals surface area (Å²) in [6.07, 6.45) is 0. The van der Waals surface area contributed by atoms with Gasteiger partial charge < -0.3 is 15.3 Å². The lowest BCUT2D eigenvalue weighted by Crippen LogP contribution is -2.12. The molecular formula is C24H20N4O. The summed E-state index contributed by atoms with van der Waals surface area (Å²) in [6, 6.07) is 21.6. The van der Waals surface area contributed by atoms with E-state index in [4.69, 9.17) is 0 Å². The second kappa shape index (κ2) is 6.63. The van der Waals surface area contributed by atoms with E-state index in [-0.39, 0.29) is 5.91 Å². The standard InChI is InChI=1S/C24H20N4O/c1-14-15(2)26-23(25-14)16-7-5-8-17(13-16)27-24(29)20-11-6-10-19-18-9-3-4-12-21(18)28-22(19)20/h3-13,28H,1-2H3,(H,25,26)(H,27,29). The molecule has 0 spiro atoms. The fourth-order valence-corrected chi connectivity index (χ4v) is 3.69. The summed E-state index contributed by atoms with van der Waals surface area (Å²) < 4.78 is 0. The average Bonchev–Trinajstić information content (AvgIpc) is 3.28. The number of imidazole rings is 1. The van der Waals surface area contributed by atoms with Crippen molar-refractivity contribution in [3.05, 3.63) is 83.7 Å². The van der Waals surface area contributed by atoms with Gasteiger partial charge in [-0.25, -0.2) is 4.98 Å². The number of hydrogen-bond donors (Lipinski definition) is 3. The van der Waals surface area contributed by atoms with Crippen molar-refractivity contribution < 1.29 is 4.79 Å². The van der Waals surface area contributed by atoms with Crippen LogP contribution in [0.1, 0.15) is 21.7 Å². The molecule has 2 aromatic heterocycles. The molecule has 5 rings (SSSR count). The van der Waals surface area contributed by atoms with Crippen LogP contribution in [0.5, 0.6) is 0 Å². The third-order valence-corrected chi connectivity index (χ3v) is 5.31. The number of carbonyl (C=O) groups excluding carboxylic acids is 1. The average molecular weight is 380 g/mol. The first-order chi connectivity index (χ1) is 14.1. The summed E-state index contributed by atoms with van der Waals surface area (Å²) in [4.78, 5) is 24.3. The first-order valence-electron chi connectivity index (χ1n) is 9.54. The van der Waals surface area contributed by atoms with Gasteiger partial charge in [-0.2, -0.15) is 0 Å². The summed E-state index contributed by atoms with van der Waals surface area (Å²) in [7, 11) is 0. The van der Waals surface area contributed by atoms with E-state index in [1.807, 2.05) is 74.5 Å². The molecule has 1 amide bonds. The predicted molar refractivity (Wildman–Crippen MR) is 117 cm³/mol. The third kappa shape index (κ3) is 2.97. The van der Waals surface area contributed by atoms with E-state index >= 15 is 0 Å². The van der Waals surface area contributed by atoms with Crippen molar-refractivity contribution in [2.45, 2.75) is 13.8 Å². The lowest BCUT2D eigenvalue weighted by atomic mass is 10.1. The van der Waals surface area contributed by atoms with Crippen LogP contribution in [-0.2, 0) is 0 Å². The number of rotatable bonds is 3. The number of anilines is 1. The minimum Gasteiger partial charge on any atom is -0.354 e. The van der Waals surface area contributed by atoms with Crippen LogP contribution in [0.15, 0.2) is 66.7 Å². The van der Waals surface area contributed by atoms with Gasteiger partial charge in [-0.05, 0) is 38.1 Å². The Balaban J connectivity index is 1.50. The summed E-state index contributed by atoms with van der Waals surface area (Å²) in [5.74, 6) is 0.653. The molecule has 0 aliphatic heterocycles. The first kappa shape index (κ1) is 17.3. The molecule has 0 radical (unpaired) electrons.